The number of nitrogens with two attached hydrogens (primary N) is 1. The van der Waals surface area contributed by atoms with E-state index in [-0.39, 0.29) is 17.6 Å². The highest BCUT2D eigenvalue weighted by Crippen LogP contribution is 2.59. The van der Waals surface area contributed by atoms with Gasteiger partial charge in [0.15, 0.2) is 11.6 Å². The van der Waals surface area contributed by atoms with Crippen molar-refractivity contribution < 1.29 is 13.5 Å². The number of nitrogen functional groups attached to an aromatic ring is 1. The fourth-order valence-corrected chi connectivity index (χ4v) is 5.95. The van der Waals surface area contributed by atoms with Crippen LogP contribution in [0.25, 0.3) is 0 Å². The lowest BCUT2D eigenvalue weighted by Gasteiger charge is -2.42. The first kappa shape index (κ1) is 24.0. The molecule has 9 heteroatoms. The molecular weight excluding hydrogens is 426 g/mol. The van der Waals surface area contributed by atoms with E-state index in [2.05, 4.69) is 47.3 Å². The molecule has 2 heterocycles. The van der Waals surface area contributed by atoms with Crippen molar-refractivity contribution in [2.45, 2.75) is 64.8 Å². The molecule has 1 aromatic heterocycles. The summed E-state index contributed by atoms with van der Waals surface area (Å²) in [5.74, 6) is 1.39. The quantitative estimate of drug-likeness (QED) is 0.577. The SMILES string of the molecule is CC(C)N=C(CC(=N)c1cnc(N)c(OC(F)F)c1)C1C2CC(N3CCN(C)CC3C)CC21. The number of alkyl halides is 2. The number of aromatic nitrogens is 1. The number of pyridine rings is 1. The molecule has 2 saturated carbocycles. The maximum Gasteiger partial charge on any atom is 0.387 e. The molecule has 0 aromatic carbocycles. The lowest BCUT2D eigenvalue weighted by Crippen LogP contribution is -2.54. The van der Waals surface area contributed by atoms with Crippen LogP contribution in [-0.2, 0) is 0 Å². The van der Waals surface area contributed by atoms with Gasteiger partial charge in [0.1, 0.15) is 0 Å². The van der Waals surface area contributed by atoms with Gasteiger partial charge in [-0.2, -0.15) is 8.78 Å². The van der Waals surface area contributed by atoms with Crippen molar-refractivity contribution >= 4 is 17.2 Å². The van der Waals surface area contributed by atoms with Crippen LogP contribution in [0.4, 0.5) is 14.6 Å². The molecule has 182 valence electrons. The molecule has 3 N–H and O–H groups in total. The number of nitrogens with zero attached hydrogens (tertiary/aromatic N) is 4. The third-order valence-corrected chi connectivity index (χ3v) is 7.38. The van der Waals surface area contributed by atoms with E-state index < -0.39 is 6.61 Å². The Hall–Kier alpha value is -2.13. The number of fused-ring (bicyclic) bond motifs is 1. The van der Waals surface area contributed by atoms with Crippen molar-refractivity contribution in [3.05, 3.63) is 17.8 Å². The van der Waals surface area contributed by atoms with Crippen molar-refractivity contribution in [3.8, 4) is 5.75 Å². The number of piperazine rings is 1. The fourth-order valence-electron chi connectivity index (χ4n) is 5.95. The molecule has 4 rings (SSSR count). The van der Waals surface area contributed by atoms with E-state index in [9.17, 15) is 8.78 Å². The Balaban J connectivity index is 1.41. The molecule has 0 radical (unpaired) electrons. The van der Waals surface area contributed by atoms with Gasteiger partial charge in [0.2, 0.25) is 0 Å². The minimum absolute atomic E-state index is 0.108. The molecule has 2 aliphatic carbocycles. The Labute approximate surface area is 194 Å². The van der Waals surface area contributed by atoms with Gasteiger partial charge in [0.05, 0.1) is 0 Å². The Morgan fingerprint density at radius 2 is 2.00 bits per heavy atom. The summed E-state index contributed by atoms with van der Waals surface area (Å²) >= 11 is 0. The van der Waals surface area contributed by atoms with Gasteiger partial charge in [-0.1, -0.05) is 0 Å². The first-order valence-corrected chi connectivity index (χ1v) is 11.9. The summed E-state index contributed by atoms with van der Waals surface area (Å²) in [6.45, 7) is 6.83. The normalized spacial score (nSPS) is 30.7. The second kappa shape index (κ2) is 9.62. The van der Waals surface area contributed by atoms with E-state index in [0.29, 0.717) is 47.5 Å². The van der Waals surface area contributed by atoms with Crippen LogP contribution >= 0.6 is 0 Å². The van der Waals surface area contributed by atoms with Crippen LogP contribution in [0.3, 0.4) is 0 Å². The van der Waals surface area contributed by atoms with E-state index in [1.807, 2.05) is 0 Å². The fraction of sp³-hybridized carbons (Fsp3) is 0.708. The Kier molecular flexibility index (Phi) is 7.00. The average molecular weight is 463 g/mol. The molecule has 3 fully saturated rings. The van der Waals surface area contributed by atoms with E-state index in [1.165, 1.54) is 25.1 Å². The Morgan fingerprint density at radius 3 is 2.61 bits per heavy atom. The number of rotatable bonds is 8. The van der Waals surface area contributed by atoms with Crippen LogP contribution in [0.15, 0.2) is 17.3 Å². The highest BCUT2D eigenvalue weighted by molar-refractivity contribution is 6.12. The summed E-state index contributed by atoms with van der Waals surface area (Å²) in [7, 11) is 2.19. The third-order valence-electron chi connectivity index (χ3n) is 7.38. The zero-order valence-electron chi connectivity index (χ0n) is 20.0. The number of hydrogen-bond acceptors (Lipinski definition) is 7. The molecule has 3 unspecified atom stereocenters. The molecule has 0 amide bonds. The van der Waals surface area contributed by atoms with Crippen LogP contribution in [0, 0.1) is 23.2 Å². The molecule has 0 bridgehead atoms. The molecule has 1 aromatic rings. The molecule has 3 aliphatic rings. The van der Waals surface area contributed by atoms with Crippen LogP contribution in [0.5, 0.6) is 5.75 Å². The lowest BCUT2D eigenvalue weighted by atomic mass is 9.96. The molecular formula is C24H36F2N6O. The Morgan fingerprint density at radius 1 is 1.30 bits per heavy atom. The summed E-state index contributed by atoms with van der Waals surface area (Å²) in [4.78, 5) is 13.9. The maximum absolute atomic E-state index is 12.7. The Bertz CT molecular complexity index is 895. The number of ether oxygens (including phenoxy) is 1. The molecule has 33 heavy (non-hydrogen) atoms. The third kappa shape index (κ3) is 5.35. The molecule has 0 spiro atoms. The van der Waals surface area contributed by atoms with E-state index in [0.717, 1.165) is 25.3 Å². The van der Waals surface area contributed by atoms with Gasteiger partial charge in [-0.15, -0.1) is 0 Å². The first-order valence-electron chi connectivity index (χ1n) is 11.9. The molecule has 7 nitrogen and oxygen atoms in total. The van der Waals surface area contributed by atoms with E-state index >= 15 is 0 Å². The number of aliphatic imine (C=N–C) groups is 1. The zero-order valence-corrected chi connectivity index (χ0v) is 20.0. The van der Waals surface area contributed by atoms with Crippen molar-refractivity contribution in [1.82, 2.24) is 14.8 Å². The largest absolute Gasteiger partial charge is 0.431 e. The van der Waals surface area contributed by atoms with Crippen LogP contribution < -0.4 is 10.5 Å². The predicted octanol–water partition coefficient (Wildman–Crippen LogP) is 3.53. The second-order valence-electron chi connectivity index (χ2n) is 10.2. The number of halogens is 2. The average Bonchev–Trinajstić information content (AvgIpc) is 3.22. The highest BCUT2D eigenvalue weighted by Gasteiger charge is 2.59. The monoisotopic (exact) mass is 462 g/mol. The van der Waals surface area contributed by atoms with Crippen LogP contribution in [0.2, 0.25) is 0 Å². The number of anilines is 1. The van der Waals surface area contributed by atoms with Crippen LogP contribution in [0.1, 0.15) is 45.6 Å². The number of hydrogen-bond donors (Lipinski definition) is 2. The van der Waals surface area contributed by atoms with Gasteiger partial charge in [-0.05, 0) is 58.6 Å². The van der Waals surface area contributed by atoms with E-state index in [1.54, 1.807) is 0 Å². The second-order valence-corrected chi connectivity index (χ2v) is 10.2. The minimum atomic E-state index is -2.99. The highest BCUT2D eigenvalue weighted by atomic mass is 19.3. The van der Waals surface area contributed by atoms with Gasteiger partial charge in [-0.25, -0.2) is 4.98 Å². The minimum Gasteiger partial charge on any atom is -0.431 e. The summed E-state index contributed by atoms with van der Waals surface area (Å²) in [5, 5.41) is 8.61. The standard InChI is InChI=1S/C24H36F2N6O/c1-13(2)30-20(10-19(27)15-7-21(33-24(25)26)23(28)29-11-15)22-17-8-16(9-18(17)22)32-6-5-31(4)12-14(32)3/h7,11,13-14,16-18,22,24,27H,5-6,8-10,12H2,1-4H3,(H2,28,29). The predicted molar refractivity (Wildman–Crippen MR) is 126 cm³/mol. The summed E-state index contributed by atoms with van der Waals surface area (Å²) in [6, 6.07) is 2.76. The van der Waals surface area contributed by atoms with Crippen LogP contribution in [-0.4, -0.2) is 77.6 Å². The smallest absolute Gasteiger partial charge is 0.387 e. The molecule has 3 atom stereocenters. The van der Waals surface area contributed by atoms with Crippen molar-refractivity contribution in [1.29, 1.82) is 5.41 Å². The maximum atomic E-state index is 12.7. The lowest BCUT2D eigenvalue weighted by molar-refractivity contribution is -0.0495. The number of nitrogens with one attached hydrogen (secondary N) is 1. The first-order chi connectivity index (χ1) is 15.6. The zero-order chi connectivity index (χ0) is 23.9. The summed E-state index contributed by atoms with van der Waals surface area (Å²) in [6.07, 6.45) is 4.24. The topological polar surface area (TPSA) is 90.8 Å². The van der Waals surface area contributed by atoms with Gasteiger partial charge in [0, 0.05) is 73.3 Å². The van der Waals surface area contributed by atoms with Gasteiger partial charge in [-0.3, -0.25) is 9.89 Å². The summed E-state index contributed by atoms with van der Waals surface area (Å²) in [5.41, 5.74) is 7.44. The van der Waals surface area contributed by atoms with Crippen molar-refractivity contribution in [3.63, 3.8) is 0 Å². The van der Waals surface area contributed by atoms with Gasteiger partial charge in [0.25, 0.3) is 0 Å². The van der Waals surface area contributed by atoms with Gasteiger partial charge >= 0.3 is 6.61 Å². The molecule has 1 aliphatic heterocycles. The van der Waals surface area contributed by atoms with Gasteiger partial charge < -0.3 is 20.8 Å². The van der Waals surface area contributed by atoms with E-state index in [4.69, 9.17) is 16.1 Å². The summed E-state index contributed by atoms with van der Waals surface area (Å²) < 4.78 is 29.8. The number of likely N-dealkylation sites (N-methyl/N-ethyl adjacent to an activating group) is 1. The van der Waals surface area contributed by atoms with Crippen molar-refractivity contribution in [2.24, 2.45) is 22.7 Å². The molecule has 1 saturated heterocycles. The van der Waals surface area contributed by atoms with Crippen molar-refractivity contribution in [2.75, 3.05) is 32.4 Å².